The van der Waals surface area contributed by atoms with Crippen LogP contribution in [0.15, 0.2) is 64.8 Å². The fourth-order valence-corrected chi connectivity index (χ4v) is 11.9. The second-order valence-corrected chi connectivity index (χ2v) is 29.3. The Labute approximate surface area is 612 Å². The van der Waals surface area contributed by atoms with Gasteiger partial charge in [-0.05, 0) is 125 Å². The van der Waals surface area contributed by atoms with Crippen LogP contribution < -0.4 is 32.7 Å². The lowest BCUT2D eigenvalue weighted by atomic mass is 9.91. The van der Waals surface area contributed by atoms with Crippen LogP contribution in [0.3, 0.4) is 0 Å². The molecule has 9 N–H and O–H groups in total. The number of halogens is 1. The van der Waals surface area contributed by atoms with Gasteiger partial charge in [0.1, 0.15) is 71.9 Å². The molecular weight excluding hydrogens is 1330 g/mol. The van der Waals surface area contributed by atoms with Gasteiger partial charge >= 0.3 is 0 Å². The minimum atomic E-state index is -1.61. The van der Waals surface area contributed by atoms with Crippen LogP contribution >= 0.6 is 12.4 Å². The summed E-state index contributed by atoms with van der Waals surface area (Å²) in [6.07, 6.45) is 3.04. The molecule has 3 rings (SSSR count). The zero-order valence-corrected chi connectivity index (χ0v) is 65.8. The van der Waals surface area contributed by atoms with E-state index in [4.69, 9.17) is 11.5 Å². The number of carbonyl (C=O) groups excluding carboxylic acids is 11. The van der Waals surface area contributed by atoms with Crippen LogP contribution in [0.2, 0.25) is 0 Å². The Balaban J connectivity index is 0.00000265. The number of hydrogen-bond donors (Lipinski definition) is 7. The fraction of sp³-hybridized carbons (Fsp3) is 0.671. The van der Waals surface area contributed by atoms with Crippen LogP contribution in [0.4, 0.5) is 23.0 Å². The summed E-state index contributed by atoms with van der Waals surface area (Å²) in [7, 11) is 9.92. The van der Waals surface area contributed by atoms with Crippen molar-refractivity contribution in [2.45, 2.75) is 223 Å². The predicted octanol–water partition coefficient (Wildman–Crippen LogP) is 6.35. The van der Waals surface area contributed by atoms with Gasteiger partial charge < -0.3 is 72.1 Å². The number of allylic oxidation sites excluding steroid dienone is 2. The molecule has 0 aliphatic carbocycles. The summed E-state index contributed by atoms with van der Waals surface area (Å²) >= 11 is 0. The van der Waals surface area contributed by atoms with Gasteiger partial charge in [-0.15, -0.1) is 17.5 Å². The number of hydrogen-bond acceptors (Lipinski definition) is 17. The lowest BCUT2D eigenvalue weighted by molar-refractivity contribution is -0.157. The van der Waals surface area contributed by atoms with E-state index in [0.717, 1.165) is 15.5 Å². The molecule has 28 nitrogen and oxygen atoms in total. The molecule has 0 spiro atoms. The number of amides is 11. The molecule has 29 heteroatoms. The van der Waals surface area contributed by atoms with Gasteiger partial charge in [0.15, 0.2) is 5.82 Å². The largest absolute Gasteiger partial charge is 0.390 e. The number of nitrogens with two attached hydrogens (primary N) is 2. The van der Waals surface area contributed by atoms with Crippen molar-refractivity contribution in [3.05, 3.63) is 54.6 Å². The van der Waals surface area contributed by atoms with Gasteiger partial charge in [-0.1, -0.05) is 127 Å². The maximum absolute atomic E-state index is 15.1. The maximum atomic E-state index is 15.1. The minimum Gasteiger partial charge on any atom is -0.390 e. The lowest BCUT2D eigenvalue weighted by Gasteiger charge is -2.41. The van der Waals surface area contributed by atoms with Crippen LogP contribution in [0, 0.1) is 41.4 Å². The van der Waals surface area contributed by atoms with Gasteiger partial charge in [0.05, 0.1) is 18.3 Å². The van der Waals surface area contributed by atoms with Crippen molar-refractivity contribution in [3.8, 4) is 0 Å². The van der Waals surface area contributed by atoms with Gasteiger partial charge in [0.2, 0.25) is 65.0 Å². The van der Waals surface area contributed by atoms with Crippen LogP contribution in [0.1, 0.15) is 156 Å². The standard InChI is InChI=1S/C62H111N11O12.C11H11N5.ClH/c1-25-27-28-40(15)52(75)51-56(79)65-43(26-2)58(81)67(18)33-48(74)68(19)44(29-34(3)4)55(78)66-49(38(11)12)61(84)69(20)45(30-35(5)6)54(77)63-41(16)53(76)64-42(17)57(80)70(21)46(31-36(7)8)59(82)71(22)47(32-37(9)10)60(83)72(23)50(39(13)14)62(85)73(51)24;12-10-7-6-9(11(13)14-10)16-15-8-4-2-1-3-5-8;/h25,27,34-47,49-52,75H,26,28-33H2,1-24H3,(H,63,77)(H,64,76)(H,65,79)(H,66,78);1-7H,(H4,12,13,14);1H. The first-order valence-corrected chi connectivity index (χ1v) is 35.3. The highest BCUT2D eigenvalue weighted by atomic mass is 35.5. The average molecular weight is 1450 g/mol. The molecule has 0 radical (unpaired) electrons. The zero-order chi connectivity index (χ0) is 77.4. The average Bonchev–Trinajstić information content (AvgIpc) is 0.800. The number of nitrogen functional groups attached to an aromatic ring is 2. The van der Waals surface area contributed by atoms with Gasteiger partial charge in [0.25, 0.3) is 0 Å². The first-order valence-electron chi connectivity index (χ1n) is 35.3. The molecule has 1 aromatic heterocycles. The number of anilines is 2. The van der Waals surface area contributed by atoms with Gasteiger partial charge in [0, 0.05) is 49.3 Å². The quantitative estimate of drug-likeness (QED) is 0.0670. The number of nitrogens with one attached hydrogen (secondary N) is 4. The van der Waals surface area contributed by atoms with E-state index >= 15 is 9.59 Å². The molecule has 2 heterocycles. The second kappa shape index (κ2) is 43.0. The Bertz CT molecular complexity index is 3170. The first-order chi connectivity index (χ1) is 47.0. The molecule has 574 valence electrons. The molecule has 1 aromatic carbocycles. The molecule has 0 saturated carbocycles. The zero-order valence-electron chi connectivity index (χ0n) is 65.0. The summed E-state index contributed by atoms with van der Waals surface area (Å²) < 4.78 is 0. The molecule has 102 heavy (non-hydrogen) atoms. The highest BCUT2D eigenvalue weighted by Crippen LogP contribution is 2.27. The Kier molecular flexibility index (Phi) is 38.7. The van der Waals surface area contributed by atoms with E-state index in [1.54, 1.807) is 66.7 Å². The first kappa shape index (κ1) is 91.7. The number of aliphatic hydroxyl groups excluding tert-OH is 1. The molecular formula is C73H123ClN16O12. The van der Waals surface area contributed by atoms with E-state index in [1.165, 1.54) is 87.7 Å². The molecule has 2 aromatic rings. The SMILES string of the molecule is CC=CCC(C)C(O)C1C(=O)NC(CC)C(=O)N(C)CC(=O)N(C)C(CC(C)C)C(=O)NC(C(C)C)C(=O)N(C)C(CC(C)C)C(=O)NC(C)C(=O)NC(C)C(=O)N(C)C(CC(C)C)C(=O)N(C)C(CC(C)C)C(=O)N(C)C(C(C)C)C(=O)N1C.Cl.Nc1ccc(N=Nc2ccccc2)c(N)n1. The Morgan fingerprint density at radius 1 is 0.520 bits per heavy atom. The van der Waals surface area contributed by atoms with E-state index in [2.05, 4.69) is 36.5 Å². The number of nitrogens with zero attached hydrogens (tertiary/aromatic N) is 10. The second-order valence-electron chi connectivity index (χ2n) is 29.3. The van der Waals surface area contributed by atoms with Crippen molar-refractivity contribution in [1.29, 1.82) is 0 Å². The number of pyridine rings is 1. The minimum absolute atomic E-state index is 0. The third-order valence-electron chi connectivity index (χ3n) is 18.0. The van der Waals surface area contributed by atoms with Gasteiger partial charge in [-0.3, -0.25) is 52.7 Å². The highest BCUT2D eigenvalue weighted by molar-refractivity contribution is 5.99. The molecule has 12 atom stereocenters. The van der Waals surface area contributed by atoms with Crippen LogP contribution in [0.5, 0.6) is 0 Å². The summed E-state index contributed by atoms with van der Waals surface area (Å²) in [6.45, 7) is 29.3. The van der Waals surface area contributed by atoms with E-state index in [0.29, 0.717) is 17.9 Å². The molecule has 12 unspecified atom stereocenters. The van der Waals surface area contributed by atoms with Crippen molar-refractivity contribution in [1.82, 2.24) is 60.6 Å². The van der Waals surface area contributed by atoms with E-state index in [-0.39, 0.29) is 74.0 Å². The third-order valence-corrected chi connectivity index (χ3v) is 18.0. The molecule has 0 bridgehead atoms. The van der Waals surface area contributed by atoms with E-state index in [9.17, 15) is 48.3 Å². The Hall–Kier alpha value is -8.27. The maximum Gasteiger partial charge on any atom is 0.246 e. The number of rotatable bonds is 17. The third kappa shape index (κ3) is 26.8. The number of aliphatic hydroxyl groups is 1. The molecule has 1 aliphatic rings. The van der Waals surface area contributed by atoms with Gasteiger partial charge in [-0.25, -0.2) is 4.98 Å². The van der Waals surface area contributed by atoms with Crippen LogP contribution in [-0.2, 0) is 52.7 Å². The van der Waals surface area contributed by atoms with Gasteiger partial charge in [-0.2, -0.15) is 5.11 Å². The predicted molar refractivity (Wildman–Crippen MR) is 399 cm³/mol. The molecule has 1 fully saturated rings. The Morgan fingerprint density at radius 3 is 1.46 bits per heavy atom. The van der Waals surface area contributed by atoms with E-state index in [1.807, 2.05) is 91.8 Å². The summed E-state index contributed by atoms with van der Waals surface area (Å²) in [5.74, 6) is -9.06. The summed E-state index contributed by atoms with van der Waals surface area (Å²) in [4.78, 5) is 172. The van der Waals surface area contributed by atoms with Crippen molar-refractivity contribution in [3.63, 3.8) is 0 Å². The number of carbonyl (C=O) groups is 11. The molecule has 1 aliphatic heterocycles. The van der Waals surface area contributed by atoms with Crippen molar-refractivity contribution < 1.29 is 57.8 Å². The fourth-order valence-electron chi connectivity index (χ4n) is 11.9. The number of benzene rings is 1. The molecule has 11 amide bonds. The lowest BCUT2D eigenvalue weighted by Crippen LogP contribution is -2.63. The summed E-state index contributed by atoms with van der Waals surface area (Å²) in [6, 6.07) is 0.386. The number of azo groups is 1. The normalized spacial score (nSPS) is 24.1. The summed E-state index contributed by atoms with van der Waals surface area (Å²) in [5, 5.41) is 31.1. The highest BCUT2D eigenvalue weighted by Gasteiger charge is 2.46. The van der Waals surface area contributed by atoms with E-state index < -0.39 is 156 Å². The molecule has 1 saturated heterocycles. The van der Waals surface area contributed by atoms with Crippen LogP contribution in [0.25, 0.3) is 0 Å². The van der Waals surface area contributed by atoms with Crippen molar-refractivity contribution >= 4 is 100 Å². The monoisotopic (exact) mass is 1450 g/mol. The Morgan fingerprint density at radius 2 is 0.980 bits per heavy atom. The number of likely N-dealkylation sites (N-methyl/N-ethyl adjacent to an activating group) is 7. The summed E-state index contributed by atoms with van der Waals surface area (Å²) in [5.41, 5.74) is 12.4. The van der Waals surface area contributed by atoms with Crippen molar-refractivity contribution in [2.75, 3.05) is 67.3 Å². The van der Waals surface area contributed by atoms with Crippen molar-refractivity contribution in [2.24, 2.45) is 51.7 Å². The van der Waals surface area contributed by atoms with Crippen LogP contribution in [-0.4, -0.2) is 232 Å². The smallest absolute Gasteiger partial charge is 0.246 e. The topological polar surface area (TPSA) is 368 Å². The number of aromatic nitrogens is 1.